The number of esters is 1. The summed E-state index contributed by atoms with van der Waals surface area (Å²) < 4.78 is 16.0. The highest BCUT2D eigenvalue weighted by Crippen LogP contribution is 2.29. The quantitative estimate of drug-likeness (QED) is 0.456. The number of methoxy groups -OCH3 is 1. The highest BCUT2D eigenvalue weighted by molar-refractivity contribution is 5.94. The SMILES string of the molecule is COc1cc(C(C)=O)ccc1OC(=O)[C@@H](C)Oc1ccc(C#N)cc1. The van der Waals surface area contributed by atoms with Crippen molar-refractivity contribution >= 4 is 11.8 Å². The van der Waals surface area contributed by atoms with Crippen LogP contribution in [-0.2, 0) is 4.79 Å². The van der Waals surface area contributed by atoms with Gasteiger partial charge in [-0.2, -0.15) is 5.26 Å². The number of ether oxygens (including phenoxy) is 3. The first-order valence-corrected chi connectivity index (χ1v) is 7.52. The Morgan fingerprint density at radius 1 is 1.08 bits per heavy atom. The van der Waals surface area contributed by atoms with Gasteiger partial charge in [0, 0.05) is 5.56 Å². The Hall–Kier alpha value is -3.33. The van der Waals surface area contributed by atoms with Crippen LogP contribution in [0, 0.1) is 11.3 Å². The third-order valence-corrected chi connectivity index (χ3v) is 3.41. The van der Waals surface area contributed by atoms with E-state index in [4.69, 9.17) is 19.5 Å². The van der Waals surface area contributed by atoms with Crippen LogP contribution in [0.25, 0.3) is 0 Å². The van der Waals surface area contributed by atoms with E-state index in [9.17, 15) is 9.59 Å². The summed E-state index contributed by atoms with van der Waals surface area (Å²) in [5.41, 5.74) is 0.955. The maximum Gasteiger partial charge on any atom is 0.352 e. The number of nitriles is 1. The highest BCUT2D eigenvalue weighted by Gasteiger charge is 2.20. The van der Waals surface area contributed by atoms with Gasteiger partial charge in [-0.05, 0) is 56.3 Å². The van der Waals surface area contributed by atoms with Gasteiger partial charge in [0.1, 0.15) is 5.75 Å². The minimum atomic E-state index is -0.870. The summed E-state index contributed by atoms with van der Waals surface area (Å²) in [6.07, 6.45) is -0.870. The first-order chi connectivity index (χ1) is 11.9. The van der Waals surface area contributed by atoms with Crippen LogP contribution in [0.4, 0.5) is 0 Å². The molecule has 1 atom stereocenters. The van der Waals surface area contributed by atoms with Gasteiger partial charge in [-0.3, -0.25) is 4.79 Å². The number of carbonyl (C=O) groups excluding carboxylic acids is 2. The van der Waals surface area contributed by atoms with E-state index < -0.39 is 12.1 Å². The van der Waals surface area contributed by atoms with Gasteiger partial charge in [0.2, 0.25) is 0 Å². The number of benzene rings is 2. The molecule has 0 radical (unpaired) electrons. The molecule has 0 aliphatic heterocycles. The molecule has 128 valence electrons. The van der Waals surface area contributed by atoms with Gasteiger partial charge < -0.3 is 14.2 Å². The largest absolute Gasteiger partial charge is 0.493 e. The summed E-state index contributed by atoms with van der Waals surface area (Å²) in [6, 6.07) is 13.0. The van der Waals surface area contributed by atoms with E-state index in [2.05, 4.69) is 0 Å². The van der Waals surface area contributed by atoms with Crippen LogP contribution in [0.3, 0.4) is 0 Å². The highest BCUT2D eigenvalue weighted by atomic mass is 16.6. The van der Waals surface area contributed by atoms with Crippen molar-refractivity contribution in [1.82, 2.24) is 0 Å². The molecule has 6 nitrogen and oxygen atoms in total. The summed E-state index contributed by atoms with van der Waals surface area (Å²) in [6.45, 7) is 2.99. The summed E-state index contributed by atoms with van der Waals surface area (Å²) in [4.78, 5) is 23.6. The minimum absolute atomic E-state index is 0.117. The fourth-order valence-electron chi connectivity index (χ4n) is 2.02. The van der Waals surface area contributed by atoms with Gasteiger partial charge in [-0.25, -0.2) is 4.79 Å². The molecule has 0 saturated heterocycles. The molecule has 0 unspecified atom stereocenters. The number of ketones is 1. The number of hydrogen-bond acceptors (Lipinski definition) is 6. The molecule has 0 heterocycles. The molecule has 2 aromatic rings. The van der Waals surface area contributed by atoms with E-state index in [-0.39, 0.29) is 17.3 Å². The summed E-state index contributed by atoms with van der Waals surface area (Å²) >= 11 is 0. The Balaban J connectivity index is 2.07. The lowest BCUT2D eigenvalue weighted by Crippen LogP contribution is -2.28. The number of carbonyl (C=O) groups is 2. The topological polar surface area (TPSA) is 85.6 Å². The summed E-state index contributed by atoms with van der Waals surface area (Å²) in [5, 5.41) is 8.77. The van der Waals surface area contributed by atoms with Crippen molar-refractivity contribution in [2.45, 2.75) is 20.0 Å². The molecule has 0 aliphatic carbocycles. The molecule has 0 bridgehead atoms. The van der Waals surface area contributed by atoms with Gasteiger partial charge in [0.15, 0.2) is 23.4 Å². The molecule has 0 amide bonds. The van der Waals surface area contributed by atoms with Crippen LogP contribution in [0.1, 0.15) is 29.8 Å². The first kappa shape index (κ1) is 18.0. The zero-order chi connectivity index (χ0) is 18.4. The molecule has 0 aromatic heterocycles. The van der Waals surface area contributed by atoms with Crippen LogP contribution < -0.4 is 14.2 Å². The number of nitrogens with zero attached hydrogens (tertiary/aromatic N) is 1. The lowest BCUT2D eigenvalue weighted by Gasteiger charge is -2.15. The third kappa shape index (κ3) is 4.58. The first-order valence-electron chi connectivity index (χ1n) is 7.52. The molecule has 25 heavy (non-hydrogen) atoms. The predicted molar refractivity (Wildman–Crippen MR) is 89.9 cm³/mol. The van der Waals surface area contributed by atoms with E-state index in [0.29, 0.717) is 16.9 Å². The van der Waals surface area contributed by atoms with Crippen LogP contribution >= 0.6 is 0 Å². The van der Waals surface area contributed by atoms with E-state index in [0.717, 1.165) is 0 Å². The Labute approximate surface area is 145 Å². The van der Waals surface area contributed by atoms with E-state index in [1.165, 1.54) is 26.2 Å². The zero-order valence-electron chi connectivity index (χ0n) is 14.1. The molecular formula is C19H17NO5. The maximum atomic E-state index is 12.2. The number of Topliss-reactive ketones (excluding diaryl/α,β-unsaturated/α-hetero) is 1. The van der Waals surface area contributed by atoms with Crippen LogP contribution in [0.15, 0.2) is 42.5 Å². The lowest BCUT2D eigenvalue weighted by molar-refractivity contribution is -0.141. The van der Waals surface area contributed by atoms with Gasteiger partial charge >= 0.3 is 5.97 Å². The van der Waals surface area contributed by atoms with Crippen molar-refractivity contribution < 1.29 is 23.8 Å². The van der Waals surface area contributed by atoms with Crippen LogP contribution in [-0.4, -0.2) is 25.0 Å². The predicted octanol–water partition coefficient (Wildman–Crippen LogP) is 3.14. The van der Waals surface area contributed by atoms with Gasteiger partial charge in [0.05, 0.1) is 18.7 Å². The molecule has 6 heteroatoms. The molecule has 0 saturated carbocycles. The fourth-order valence-corrected chi connectivity index (χ4v) is 2.02. The van der Waals surface area contributed by atoms with Crippen molar-refractivity contribution in [2.75, 3.05) is 7.11 Å². The van der Waals surface area contributed by atoms with Crippen molar-refractivity contribution in [3.63, 3.8) is 0 Å². The van der Waals surface area contributed by atoms with Gasteiger partial charge in [0.25, 0.3) is 0 Å². The zero-order valence-corrected chi connectivity index (χ0v) is 14.1. The average molecular weight is 339 g/mol. The Morgan fingerprint density at radius 2 is 1.76 bits per heavy atom. The van der Waals surface area contributed by atoms with E-state index >= 15 is 0 Å². The number of hydrogen-bond donors (Lipinski definition) is 0. The summed E-state index contributed by atoms with van der Waals surface area (Å²) in [5.74, 6) is 0.202. The standard InChI is InChI=1S/C19H17NO5/c1-12(21)15-6-9-17(18(10-15)23-3)25-19(22)13(2)24-16-7-4-14(11-20)5-8-16/h4-10,13H,1-3H3/t13-/m1/s1. The monoisotopic (exact) mass is 339 g/mol. The van der Waals surface area contributed by atoms with Crippen molar-refractivity contribution in [3.05, 3.63) is 53.6 Å². The van der Waals surface area contributed by atoms with Crippen LogP contribution in [0.2, 0.25) is 0 Å². The minimum Gasteiger partial charge on any atom is -0.493 e. The molecule has 2 aromatic carbocycles. The second-order valence-electron chi connectivity index (χ2n) is 5.24. The third-order valence-electron chi connectivity index (χ3n) is 3.41. The average Bonchev–Trinajstić information content (AvgIpc) is 2.62. The summed E-state index contributed by atoms with van der Waals surface area (Å²) in [7, 11) is 1.42. The molecular weight excluding hydrogens is 322 g/mol. The van der Waals surface area contributed by atoms with E-state index in [1.807, 2.05) is 6.07 Å². The molecule has 0 N–H and O–H groups in total. The Morgan fingerprint density at radius 3 is 2.32 bits per heavy atom. The molecule has 0 aliphatic rings. The van der Waals surface area contributed by atoms with Gasteiger partial charge in [-0.15, -0.1) is 0 Å². The van der Waals surface area contributed by atoms with Crippen molar-refractivity contribution in [3.8, 4) is 23.3 Å². The van der Waals surface area contributed by atoms with Crippen molar-refractivity contribution in [1.29, 1.82) is 5.26 Å². The second-order valence-corrected chi connectivity index (χ2v) is 5.24. The normalized spacial score (nSPS) is 11.1. The maximum absolute atomic E-state index is 12.2. The van der Waals surface area contributed by atoms with Gasteiger partial charge in [-0.1, -0.05) is 0 Å². The molecule has 2 rings (SSSR count). The second kappa shape index (κ2) is 7.97. The van der Waals surface area contributed by atoms with Crippen LogP contribution in [0.5, 0.6) is 17.2 Å². The number of rotatable bonds is 6. The Bertz CT molecular complexity index is 821. The fraction of sp³-hybridized carbons (Fsp3) is 0.211. The van der Waals surface area contributed by atoms with Crippen molar-refractivity contribution in [2.24, 2.45) is 0 Å². The Kier molecular flexibility index (Phi) is 5.75. The smallest absolute Gasteiger partial charge is 0.352 e. The van der Waals surface area contributed by atoms with E-state index in [1.54, 1.807) is 37.3 Å². The molecule has 0 fully saturated rings. The lowest BCUT2D eigenvalue weighted by atomic mass is 10.1. The molecule has 0 spiro atoms.